The van der Waals surface area contributed by atoms with E-state index in [9.17, 15) is 4.79 Å². The van der Waals surface area contributed by atoms with Crippen LogP contribution in [0.2, 0.25) is 0 Å². The van der Waals surface area contributed by atoms with E-state index in [1.807, 2.05) is 0 Å². The van der Waals surface area contributed by atoms with Crippen LogP contribution in [0.5, 0.6) is 0 Å². The topological polar surface area (TPSA) is 66.3 Å². The molecule has 134 valence electrons. The number of rotatable bonds is 7. The van der Waals surface area contributed by atoms with Gasteiger partial charge in [0.05, 0.1) is 13.1 Å². The zero-order valence-electron chi connectivity index (χ0n) is 15.2. The average molecular weight is 334 g/mol. The van der Waals surface area contributed by atoms with E-state index in [0.29, 0.717) is 18.4 Å². The van der Waals surface area contributed by atoms with Crippen molar-refractivity contribution in [2.75, 3.05) is 40.3 Å². The number of aromatic nitrogens is 3. The van der Waals surface area contributed by atoms with Crippen molar-refractivity contribution < 1.29 is 4.79 Å². The third-order valence-corrected chi connectivity index (χ3v) is 5.28. The van der Waals surface area contributed by atoms with Crippen LogP contribution in [-0.2, 0) is 18.4 Å². The minimum Gasteiger partial charge on any atom is -0.358 e. The van der Waals surface area contributed by atoms with E-state index in [1.165, 1.54) is 12.8 Å². The summed E-state index contributed by atoms with van der Waals surface area (Å²) in [5.41, 5.74) is 0. The Labute approximate surface area is 144 Å². The van der Waals surface area contributed by atoms with Gasteiger partial charge in [-0.25, -0.2) is 0 Å². The molecular weight excluding hydrogens is 304 g/mol. The number of nitrogens with one attached hydrogen (secondary N) is 1. The van der Waals surface area contributed by atoms with Crippen LogP contribution < -0.4 is 5.32 Å². The number of carbonyl (C=O) groups excluding carboxylic acids is 1. The standard InChI is InChI=1S/C17H30N6O/c1-18-16(24)12-23-8-6-13(7-9-23)10-21(2)11-15-19-20-17(22(15)3)14-4-5-14/h13-14H,4-12H2,1-3H3,(H,18,24). The third kappa shape index (κ3) is 4.33. The smallest absolute Gasteiger partial charge is 0.233 e. The first-order valence-electron chi connectivity index (χ1n) is 9.06. The summed E-state index contributed by atoms with van der Waals surface area (Å²) in [4.78, 5) is 16.1. The van der Waals surface area contributed by atoms with Crippen LogP contribution in [0, 0.1) is 5.92 Å². The Morgan fingerprint density at radius 1 is 1.25 bits per heavy atom. The maximum absolute atomic E-state index is 11.5. The predicted molar refractivity (Wildman–Crippen MR) is 92.5 cm³/mol. The van der Waals surface area contributed by atoms with E-state index >= 15 is 0 Å². The first kappa shape index (κ1) is 17.4. The highest BCUT2D eigenvalue weighted by atomic mass is 16.1. The van der Waals surface area contributed by atoms with E-state index in [0.717, 1.165) is 50.7 Å². The fourth-order valence-electron chi connectivity index (χ4n) is 3.57. The Balaban J connectivity index is 1.43. The average Bonchev–Trinajstić information content (AvgIpc) is 3.35. The monoisotopic (exact) mass is 334 g/mol. The second kappa shape index (κ2) is 7.61. The second-order valence-corrected chi connectivity index (χ2v) is 7.40. The lowest BCUT2D eigenvalue weighted by Gasteiger charge is -2.33. The van der Waals surface area contributed by atoms with Crippen LogP contribution in [0.1, 0.15) is 43.3 Å². The van der Waals surface area contributed by atoms with E-state index < -0.39 is 0 Å². The van der Waals surface area contributed by atoms with Gasteiger partial charge in [-0.1, -0.05) is 0 Å². The maximum atomic E-state index is 11.5. The molecule has 0 atom stereocenters. The third-order valence-electron chi connectivity index (χ3n) is 5.28. The second-order valence-electron chi connectivity index (χ2n) is 7.40. The van der Waals surface area contributed by atoms with E-state index in [1.54, 1.807) is 7.05 Å². The zero-order valence-corrected chi connectivity index (χ0v) is 15.2. The van der Waals surface area contributed by atoms with Crippen molar-refractivity contribution in [3.05, 3.63) is 11.6 Å². The Bertz CT molecular complexity index is 559. The summed E-state index contributed by atoms with van der Waals surface area (Å²) in [5, 5.41) is 11.4. The molecule has 24 heavy (non-hydrogen) atoms. The highest BCUT2D eigenvalue weighted by Gasteiger charge is 2.29. The molecule has 1 N–H and O–H groups in total. The van der Waals surface area contributed by atoms with Gasteiger partial charge < -0.3 is 9.88 Å². The SMILES string of the molecule is CNC(=O)CN1CCC(CN(C)Cc2nnc(C3CC3)n2C)CC1. The molecule has 0 radical (unpaired) electrons. The number of hydrogen-bond donors (Lipinski definition) is 1. The number of carbonyl (C=O) groups is 1. The molecule has 0 bridgehead atoms. The predicted octanol–water partition coefficient (Wildman–Crippen LogP) is 0.582. The molecule has 7 nitrogen and oxygen atoms in total. The van der Waals surface area contributed by atoms with Crippen molar-refractivity contribution in [1.82, 2.24) is 29.9 Å². The number of likely N-dealkylation sites (tertiary alicyclic amines) is 1. The number of hydrogen-bond acceptors (Lipinski definition) is 5. The molecule has 0 unspecified atom stereocenters. The number of nitrogens with zero attached hydrogens (tertiary/aromatic N) is 5. The van der Waals surface area contributed by atoms with Gasteiger partial charge in [-0.2, -0.15) is 0 Å². The quantitative estimate of drug-likeness (QED) is 0.790. The summed E-state index contributed by atoms with van der Waals surface area (Å²) in [7, 11) is 5.96. The van der Waals surface area contributed by atoms with Crippen LogP contribution in [-0.4, -0.2) is 70.7 Å². The Morgan fingerprint density at radius 3 is 2.58 bits per heavy atom. The first-order chi connectivity index (χ1) is 11.6. The fourth-order valence-corrected chi connectivity index (χ4v) is 3.57. The molecule has 2 aliphatic rings. The van der Waals surface area contributed by atoms with Crippen molar-refractivity contribution in [3.63, 3.8) is 0 Å². The highest BCUT2D eigenvalue weighted by Crippen LogP contribution is 2.38. The van der Waals surface area contributed by atoms with Gasteiger partial charge >= 0.3 is 0 Å². The van der Waals surface area contributed by atoms with Crippen LogP contribution >= 0.6 is 0 Å². The number of likely N-dealkylation sites (N-methyl/N-ethyl adjacent to an activating group) is 1. The van der Waals surface area contributed by atoms with Crippen LogP contribution in [0.15, 0.2) is 0 Å². The maximum Gasteiger partial charge on any atom is 0.233 e. The molecule has 1 aliphatic carbocycles. The lowest BCUT2D eigenvalue weighted by atomic mass is 9.96. The van der Waals surface area contributed by atoms with E-state index in [2.05, 4.69) is 44.0 Å². The molecule has 2 fully saturated rings. The number of piperidine rings is 1. The largest absolute Gasteiger partial charge is 0.358 e. The normalized spacial score (nSPS) is 19.8. The molecule has 0 aromatic carbocycles. The molecule has 0 spiro atoms. The van der Waals surface area contributed by atoms with E-state index in [4.69, 9.17) is 0 Å². The Hall–Kier alpha value is -1.47. The van der Waals surface area contributed by atoms with Gasteiger partial charge in [0.2, 0.25) is 5.91 Å². The molecule has 2 heterocycles. The first-order valence-corrected chi connectivity index (χ1v) is 9.06. The Kier molecular flexibility index (Phi) is 5.50. The minimum absolute atomic E-state index is 0.110. The molecule has 1 saturated carbocycles. The Morgan fingerprint density at radius 2 is 1.96 bits per heavy atom. The van der Waals surface area contributed by atoms with Gasteiger partial charge in [0, 0.05) is 26.6 Å². The molecule has 1 aromatic rings. The van der Waals surface area contributed by atoms with Gasteiger partial charge in [0.15, 0.2) is 0 Å². The molecule has 1 amide bonds. The lowest BCUT2D eigenvalue weighted by Crippen LogP contribution is -2.42. The molecule has 7 heteroatoms. The zero-order chi connectivity index (χ0) is 17.1. The molecule has 1 aromatic heterocycles. The summed E-state index contributed by atoms with van der Waals surface area (Å²) in [5.74, 6) is 3.68. The van der Waals surface area contributed by atoms with Gasteiger partial charge in [-0.05, 0) is 51.7 Å². The highest BCUT2D eigenvalue weighted by molar-refractivity contribution is 5.77. The summed E-state index contributed by atoms with van der Waals surface area (Å²) >= 11 is 0. The van der Waals surface area contributed by atoms with Crippen molar-refractivity contribution in [1.29, 1.82) is 0 Å². The molecular formula is C17H30N6O. The summed E-state index contributed by atoms with van der Waals surface area (Å²) in [6.45, 7) is 4.50. The van der Waals surface area contributed by atoms with Crippen molar-refractivity contribution in [2.45, 2.75) is 38.1 Å². The van der Waals surface area contributed by atoms with Crippen molar-refractivity contribution >= 4 is 5.91 Å². The lowest BCUT2D eigenvalue weighted by molar-refractivity contribution is -0.122. The summed E-state index contributed by atoms with van der Waals surface area (Å²) in [6, 6.07) is 0. The van der Waals surface area contributed by atoms with Crippen LogP contribution in [0.3, 0.4) is 0 Å². The minimum atomic E-state index is 0.110. The van der Waals surface area contributed by atoms with Gasteiger partial charge in [0.25, 0.3) is 0 Å². The summed E-state index contributed by atoms with van der Waals surface area (Å²) in [6.07, 6.45) is 4.84. The van der Waals surface area contributed by atoms with Gasteiger partial charge in [-0.3, -0.25) is 14.6 Å². The fraction of sp³-hybridized carbons (Fsp3) is 0.824. The van der Waals surface area contributed by atoms with Crippen molar-refractivity contribution in [2.24, 2.45) is 13.0 Å². The van der Waals surface area contributed by atoms with Crippen LogP contribution in [0.25, 0.3) is 0 Å². The van der Waals surface area contributed by atoms with Gasteiger partial charge in [-0.15, -0.1) is 10.2 Å². The van der Waals surface area contributed by atoms with Crippen LogP contribution in [0.4, 0.5) is 0 Å². The molecule has 1 saturated heterocycles. The molecule has 1 aliphatic heterocycles. The number of amides is 1. The summed E-state index contributed by atoms with van der Waals surface area (Å²) < 4.78 is 2.18. The van der Waals surface area contributed by atoms with E-state index in [-0.39, 0.29) is 5.91 Å². The molecule has 3 rings (SSSR count). The van der Waals surface area contributed by atoms with Crippen molar-refractivity contribution in [3.8, 4) is 0 Å². The van der Waals surface area contributed by atoms with Gasteiger partial charge in [0.1, 0.15) is 11.6 Å².